The maximum atomic E-state index is 4.61. The van der Waals surface area contributed by atoms with Gasteiger partial charge >= 0.3 is 0 Å². The number of H-pyrrole nitrogens is 2. The Morgan fingerprint density at radius 2 is 1.73 bits per heavy atom. The van der Waals surface area contributed by atoms with Crippen molar-refractivity contribution in [2.24, 2.45) is 0 Å². The number of rotatable bonds is 3. The largest absolute Gasteiger partial charge is 0.338 e. The molecule has 0 aliphatic carbocycles. The van der Waals surface area contributed by atoms with E-state index < -0.39 is 0 Å². The van der Waals surface area contributed by atoms with Crippen LogP contribution in [0.2, 0.25) is 0 Å². The Balaban J connectivity index is 1.52. The standard InChI is InChI=1S/C24H17N5S/c1-14-2-5-22(30-14)17-8-11-26-24-18(17)13-21(27-24)23-19-12-16(3-4-20(19)28-29-23)15-6-9-25-10-7-15/h2-13H,1H3,(H,26,27)(H,28,29). The molecule has 0 bridgehead atoms. The van der Waals surface area contributed by atoms with Crippen LogP contribution in [0.1, 0.15) is 4.88 Å². The van der Waals surface area contributed by atoms with Crippen molar-refractivity contribution < 1.29 is 0 Å². The second kappa shape index (κ2) is 6.64. The maximum absolute atomic E-state index is 4.61. The molecule has 0 amide bonds. The molecule has 0 aliphatic heterocycles. The summed E-state index contributed by atoms with van der Waals surface area (Å²) in [6.07, 6.45) is 5.48. The number of aryl methyl sites for hydroxylation is 1. The van der Waals surface area contributed by atoms with Crippen molar-refractivity contribution >= 4 is 33.3 Å². The highest BCUT2D eigenvalue weighted by molar-refractivity contribution is 7.15. The second-order valence-electron chi connectivity index (χ2n) is 7.28. The Bertz CT molecular complexity index is 1510. The lowest BCUT2D eigenvalue weighted by Gasteiger charge is -2.01. The van der Waals surface area contributed by atoms with Crippen LogP contribution < -0.4 is 0 Å². The third-order valence-electron chi connectivity index (χ3n) is 5.37. The van der Waals surface area contributed by atoms with Gasteiger partial charge in [-0.05, 0) is 66.6 Å². The average molecular weight is 408 g/mol. The van der Waals surface area contributed by atoms with Crippen LogP contribution in [0.5, 0.6) is 0 Å². The molecule has 5 aromatic heterocycles. The van der Waals surface area contributed by atoms with Crippen LogP contribution in [0, 0.1) is 6.92 Å². The number of hydrogen-bond donors (Lipinski definition) is 2. The summed E-state index contributed by atoms with van der Waals surface area (Å²) in [4.78, 5) is 14.7. The summed E-state index contributed by atoms with van der Waals surface area (Å²) in [5, 5.41) is 9.95. The molecule has 0 saturated carbocycles. The molecule has 5 nitrogen and oxygen atoms in total. The summed E-state index contributed by atoms with van der Waals surface area (Å²) in [6.45, 7) is 2.13. The van der Waals surface area contributed by atoms with Gasteiger partial charge in [0.25, 0.3) is 0 Å². The highest BCUT2D eigenvalue weighted by Crippen LogP contribution is 2.36. The third kappa shape index (κ3) is 2.73. The molecule has 144 valence electrons. The molecule has 5 heterocycles. The van der Waals surface area contributed by atoms with Crippen LogP contribution in [0.4, 0.5) is 0 Å². The molecule has 6 heteroatoms. The fraction of sp³-hybridized carbons (Fsp3) is 0.0417. The first-order valence-electron chi connectivity index (χ1n) is 9.70. The average Bonchev–Trinajstić information content (AvgIpc) is 3.51. The Morgan fingerprint density at radius 1 is 0.833 bits per heavy atom. The van der Waals surface area contributed by atoms with E-state index in [1.807, 2.05) is 30.7 Å². The van der Waals surface area contributed by atoms with E-state index in [0.717, 1.165) is 44.5 Å². The summed E-state index contributed by atoms with van der Waals surface area (Å²) in [5.74, 6) is 0. The molecule has 0 saturated heterocycles. The van der Waals surface area contributed by atoms with Gasteiger partial charge in [0.15, 0.2) is 0 Å². The first kappa shape index (κ1) is 17.1. The van der Waals surface area contributed by atoms with Crippen LogP contribution in [-0.4, -0.2) is 25.1 Å². The molecule has 0 fully saturated rings. The predicted octanol–water partition coefficient (Wildman–Crippen LogP) is 6.21. The fourth-order valence-electron chi connectivity index (χ4n) is 3.89. The van der Waals surface area contributed by atoms with Gasteiger partial charge in [-0.1, -0.05) is 6.07 Å². The number of benzene rings is 1. The normalized spacial score (nSPS) is 11.5. The van der Waals surface area contributed by atoms with E-state index in [0.29, 0.717) is 0 Å². The van der Waals surface area contributed by atoms with Crippen LogP contribution in [0.15, 0.2) is 73.2 Å². The van der Waals surface area contributed by atoms with E-state index in [2.05, 4.69) is 74.5 Å². The molecule has 6 aromatic rings. The van der Waals surface area contributed by atoms with E-state index in [9.17, 15) is 0 Å². The van der Waals surface area contributed by atoms with E-state index in [4.69, 9.17) is 0 Å². The summed E-state index contributed by atoms with van der Waals surface area (Å²) in [7, 11) is 0. The van der Waals surface area contributed by atoms with Crippen LogP contribution >= 0.6 is 11.3 Å². The lowest BCUT2D eigenvalue weighted by atomic mass is 10.0. The number of fused-ring (bicyclic) bond motifs is 2. The van der Waals surface area contributed by atoms with E-state index in [-0.39, 0.29) is 0 Å². The van der Waals surface area contributed by atoms with E-state index in [1.165, 1.54) is 15.3 Å². The molecule has 0 spiro atoms. The van der Waals surface area contributed by atoms with E-state index in [1.54, 1.807) is 11.3 Å². The highest BCUT2D eigenvalue weighted by atomic mass is 32.1. The van der Waals surface area contributed by atoms with Crippen molar-refractivity contribution in [3.05, 3.63) is 78.1 Å². The minimum atomic E-state index is 0.870. The van der Waals surface area contributed by atoms with Gasteiger partial charge in [-0.2, -0.15) is 5.10 Å². The Labute approximate surface area is 176 Å². The number of hydrogen-bond acceptors (Lipinski definition) is 4. The smallest absolute Gasteiger partial charge is 0.138 e. The zero-order valence-electron chi connectivity index (χ0n) is 16.2. The van der Waals surface area contributed by atoms with Crippen molar-refractivity contribution in [2.75, 3.05) is 0 Å². The van der Waals surface area contributed by atoms with Gasteiger partial charge in [0.1, 0.15) is 11.3 Å². The molecule has 0 atom stereocenters. The van der Waals surface area contributed by atoms with Gasteiger partial charge in [0.2, 0.25) is 0 Å². The van der Waals surface area contributed by atoms with Crippen molar-refractivity contribution in [3.63, 3.8) is 0 Å². The van der Waals surface area contributed by atoms with Crippen molar-refractivity contribution in [2.45, 2.75) is 6.92 Å². The first-order chi connectivity index (χ1) is 14.8. The van der Waals surface area contributed by atoms with Crippen molar-refractivity contribution in [1.29, 1.82) is 0 Å². The summed E-state index contributed by atoms with van der Waals surface area (Å²) in [5.41, 5.74) is 7.18. The van der Waals surface area contributed by atoms with Gasteiger partial charge in [-0.15, -0.1) is 11.3 Å². The predicted molar refractivity (Wildman–Crippen MR) is 122 cm³/mol. The molecule has 0 radical (unpaired) electrons. The Kier molecular flexibility index (Phi) is 3.79. The monoisotopic (exact) mass is 407 g/mol. The fourth-order valence-corrected chi connectivity index (χ4v) is 4.80. The number of aromatic nitrogens is 5. The number of aromatic amines is 2. The van der Waals surface area contributed by atoms with Crippen LogP contribution in [0.25, 0.3) is 54.9 Å². The van der Waals surface area contributed by atoms with Gasteiger partial charge in [0, 0.05) is 44.7 Å². The molecular formula is C24H17N5S. The lowest BCUT2D eigenvalue weighted by Crippen LogP contribution is -1.81. The zero-order chi connectivity index (χ0) is 20.1. The minimum Gasteiger partial charge on any atom is -0.338 e. The number of nitrogens with zero attached hydrogens (tertiary/aromatic N) is 3. The van der Waals surface area contributed by atoms with Crippen molar-refractivity contribution in [3.8, 4) is 33.0 Å². The second-order valence-corrected chi connectivity index (χ2v) is 8.57. The Hall–Kier alpha value is -3.77. The molecule has 0 aliphatic rings. The molecule has 30 heavy (non-hydrogen) atoms. The summed E-state index contributed by atoms with van der Waals surface area (Å²) >= 11 is 1.80. The SMILES string of the molecule is Cc1ccc(-c2ccnc3[nH]c(-c4n[nH]c5ccc(-c6ccncc6)cc45)cc23)s1. The first-order valence-corrected chi connectivity index (χ1v) is 10.5. The molecule has 2 N–H and O–H groups in total. The number of pyridine rings is 2. The van der Waals surface area contributed by atoms with Crippen LogP contribution in [-0.2, 0) is 0 Å². The number of thiophene rings is 1. The lowest BCUT2D eigenvalue weighted by molar-refractivity contribution is 1.12. The maximum Gasteiger partial charge on any atom is 0.138 e. The highest BCUT2D eigenvalue weighted by Gasteiger charge is 2.15. The van der Waals surface area contributed by atoms with Gasteiger partial charge in [0.05, 0.1) is 11.2 Å². The van der Waals surface area contributed by atoms with Crippen LogP contribution in [0.3, 0.4) is 0 Å². The molecule has 0 unspecified atom stereocenters. The van der Waals surface area contributed by atoms with Gasteiger partial charge in [-0.25, -0.2) is 4.98 Å². The molecule has 6 rings (SSSR count). The third-order valence-corrected chi connectivity index (χ3v) is 6.40. The molecule has 1 aromatic carbocycles. The van der Waals surface area contributed by atoms with Gasteiger partial charge < -0.3 is 4.98 Å². The van der Waals surface area contributed by atoms with Gasteiger partial charge in [-0.3, -0.25) is 10.1 Å². The van der Waals surface area contributed by atoms with Crippen molar-refractivity contribution in [1.82, 2.24) is 25.1 Å². The zero-order valence-corrected chi connectivity index (χ0v) is 17.0. The minimum absolute atomic E-state index is 0.870. The summed E-state index contributed by atoms with van der Waals surface area (Å²) < 4.78 is 0. The quantitative estimate of drug-likeness (QED) is 0.367. The van der Waals surface area contributed by atoms with E-state index >= 15 is 0 Å². The Morgan fingerprint density at radius 3 is 2.57 bits per heavy atom. The number of nitrogens with one attached hydrogen (secondary N) is 2. The summed E-state index contributed by atoms with van der Waals surface area (Å²) in [6, 6.07) is 18.9. The topological polar surface area (TPSA) is 70.2 Å². The molecular weight excluding hydrogens is 390 g/mol.